The summed E-state index contributed by atoms with van der Waals surface area (Å²) < 4.78 is 26.4. The summed E-state index contributed by atoms with van der Waals surface area (Å²) in [6.45, 7) is 5.83. The number of nitrogens with zero attached hydrogens (tertiary/aromatic N) is 1. The Kier molecular flexibility index (Phi) is 8.32. The Balaban J connectivity index is 2.03. The molecule has 2 aromatic carbocycles. The average Bonchev–Trinajstić information content (AvgIpc) is 2.73. The largest absolute Gasteiger partial charge is 0.481 e. The summed E-state index contributed by atoms with van der Waals surface area (Å²) in [6, 6.07) is 13.4. The Morgan fingerprint density at radius 2 is 1.60 bits per heavy atom. The van der Waals surface area contributed by atoms with E-state index in [4.69, 9.17) is 5.11 Å². The van der Waals surface area contributed by atoms with Gasteiger partial charge in [0.15, 0.2) is 5.78 Å². The topological polar surface area (TPSA) is 104 Å². The number of carboxylic acid groups (broad SMARTS) is 1. The molecule has 2 aromatic rings. The summed E-state index contributed by atoms with van der Waals surface area (Å²) in [5.41, 5.74) is 2.37. The van der Waals surface area contributed by atoms with Gasteiger partial charge in [-0.3, -0.25) is 9.59 Å². The van der Waals surface area contributed by atoms with E-state index < -0.39 is 16.0 Å². The second-order valence-corrected chi connectivity index (χ2v) is 8.29. The molecule has 0 unspecified atom stereocenters. The van der Waals surface area contributed by atoms with E-state index in [9.17, 15) is 18.0 Å². The number of rotatable bonds is 11. The molecule has 2 N–H and O–H groups in total. The first-order valence-electron chi connectivity index (χ1n) is 9.65. The van der Waals surface area contributed by atoms with Crippen molar-refractivity contribution in [2.45, 2.75) is 25.2 Å². The lowest BCUT2D eigenvalue weighted by atomic mass is 10.1. The van der Waals surface area contributed by atoms with E-state index in [0.717, 1.165) is 24.3 Å². The predicted octanol–water partition coefficient (Wildman–Crippen LogP) is 3.18. The highest BCUT2D eigenvalue weighted by atomic mass is 32.2. The molecule has 0 aromatic heterocycles. The minimum atomic E-state index is -3.82. The number of sulfonamides is 1. The second kappa shape index (κ2) is 10.7. The summed E-state index contributed by atoms with van der Waals surface area (Å²) >= 11 is 0. The molecule has 0 spiro atoms. The lowest BCUT2D eigenvalue weighted by Gasteiger charge is -2.20. The fourth-order valence-electron chi connectivity index (χ4n) is 2.83. The monoisotopic (exact) mass is 430 g/mol. The van der Waals surface area contributed by atoms with E-state index in [2.05, 4.69) is 23.5 Å². The number of hydrogen-bond acceptors (Lipinski definition) is 5. The number of ketones is 1. The number of allylic oxidation sites excluding steroid dienone is 1. The third-order valence-corrected chi connectivity index (χ3v) is 6.01. The molecule has 0 aliphatic rings. The molecule has 0 aliphatic heterocycles. The van der Waals surface area contributed by atoms with Gasteiger partial charge in [-0.15, -0.1) is 0 Å². The quantitative estimate of drug-likeness (QED) is 0.419. The first-order chi connectivity index (χ1) is 14.3. The van der Waals surface area contributed by atoms with Crippen molar-refractivity contribution in [1.29, 1.82) is 0 Å². The summed E-state index contributed by atoms with van der Waals surface area (Å²) in [5.74, 6) is -1.33. The van der Waals surface area contributed by atoms with Gasteiger partial charge >= 0.3 is 5.97 Å². The van der Waals surface area contributed by atoms with Crippen LogP contribution in [0.2, 0.25) is 0 Å². The SMILES string of the molecule is CCN(CC)c1ccc(/C=C/C(=O)c2ccc(S(=O)(=O)NCCC(=O)O)cc2)cc1. The van der Waals surface area contributed by atoms with E-state index in [1.165, 1.54) is 30.3 Å². The van der Waals surface area contributed by atoms with E-state index in [-0.39, 0.29) is 23.6 Å². The van der Waals surface area contributed by atoms with Gasteiger partial charge in [0.1, 0.15) is 0 Å². The molecule has 8 heteroatoms. The Morgan fingerprint density at radius 3 is 2.13 bits per heavy atom. The molecule has 0 bridgehead atoms. The fourth-order valence-corrected chi connectivity index (χ4v) is 3.86. The molecule has 0 radical (unpaired) electrons. The van der Waals surface area contributed by atoms with Gasteiger partial charge in [0.05, 0.1) is 11.3 Å². The number of anilines is 1. The zero-order valence-corrected chi connectivity index (χ0v) is 17.9. The van der Waals surface area contributed by atoms with Gasteiger partial charge in [0.25, 0.3) is 0 Å². The summed E-state index contributed by atoms with van der Waals surface area (Å²) in [7, 11) is -3.82. The molecule has 0 aliphatic carbocycles. The Hall–Kier alpha value is -2.97. The molecule has 0 fully saturated rings. The van der Waals surface area contributed by atoms with Gasteiger partial charge in [-0.1, -0.05) is 18.2 Å². The average molecular weight is 431 g/mol. The van der Waals surface area contributed by atoms with Gasteiger partial charge < -0.3 is 10.0 Å². The van der Waals surface area contributed by atoms with Gasteiger partial charge in [-0.25, -0.2) is 13.1 Å². The molecule has 0 saturated heterocycles. The van der Waals surface area contributed by atoms with Crippen molar-refractivity contribution in [3.63, 3.8) is 0 Å². The standard InChI is InChI=1S/C22H26N2O5S/c1-3-24(4-2)19-10-5-17(6-11-19)7-14-21(25)18-8-12-20(13-9-18)30(28,29)23-16-15-22(26)27/h5-14,23H,3-4,15-16H2,1-2H3,(H,26,27)/b14-7+. The van der Waals surface area contributed by atoms with E-state index >= 15 is 0 Å². The fraction of sp³-hybridized carbons (Fsp3) is 0.273. The first-order valence-corrected chi connectivity index (χ1v) is 11.1. The van der Waals surface area contributed by atoms with Crippen LogP contribution >= 0.6 is 0 Å². The maximum atomic E-state index is 12.4. The minimum absolute atomic E-state index is 0.0274. The number of aliphatic carboxylic acids is 1. The summed E-state index contributed by atoms with van der Waals surface area (Å²) in [5, 5.41) is 8.59. The van der Waals surface area contributed by atoms with E-state index in [0.29, 0.717) is 5.56 Å². The molecular weight excluding hydrogens is 404 g/mol. The number of carbonyl (C=O) groups is 2. The van der Waals surface area contributed by atoms with E-state index in [1.54, 1.807) is 6.08 Å². The van der Waals surface area contributed by atoms with Crippen molar-refractivity contribution in [3.8, 4) is 0 Å². The van der Waals surface area contributed by atoms with Crippen molar-refractivity contribution in [2.24, 2.45) is 0 Å². The Labute approximate surface area is 177 Å². The third kappa shape index (κ3) is 6.53. The normalized spacial score (nSPS) is 11.5. The molecule has 30 heavy (non-hydrogen) atoms. The molecule has 0 atom stereocenters. The molecule has 0 amide bonds. The lowest BCUT2D eigenvalue weighted by molar-refractivity contribution is -0.136. The minimum Gasteiger partial charge on any atom is -0.481 e. The van der Waals surface area contributed by atoms with Crippen molar-refractivity contribution in [3.05, 3.63) is 65.7 Å². The highest BCUT2D eigenvalue weighted by molar-refractivity contribution is 7.89. The first kappa shape index (κ1) is 23.3. The van der Waals surface area contributed by atoms with Crippen LogP contribution in [0.15, 0.2) is 59.5 Å². The van der Waals surface area contributed by atoms with Crippen LogP contribution in [0.25, 0.3) is 6.08 Å². The maximum Gasteiger partial charge on any atom is 0.304 e. The smallest absolute Gasteiger partial charge is 0.304 e. The van der Waals surface area contributed by atoms with Crippen molar-refractivity contribution in [1.82, 2.24) is 4.72 Å². The molecule has 7 nitrogen and oxygen atoms in total. The molecule has 2 rings (SSSR count). The highest BCUT2D eigenvalue weighted by Gasteiger charge is 2.14. The highest BCUT2D eigenvalue weighted by Crippen LogP contribution is 2.16. The Bertz CT molecular complexity index is 993. The molecular formula is C22H26N2O5S. The van der Waals surface area contributed by atoms with Crippen molar-refractivity contribution in [2.75, 3.05) is 24.5 Å². The molecule has 160 valence electrons. The third-order valence-electron chi connectivity index (χ3n) is 4.53. The van der Waals surface area contributed by atoms with Gasteiger partial charge in [0, 0.05) is 30.9 Å². The van der Waals surface area contributed by atoms with E-state index in [1.807, 2.05) is 24.3 Å². The van der Waals surface area contributed by atoms with Crippen molar-refractivity contribution >= 4 is 33.5 Å². The zero-order valence-electron chi connectivity index (χ0n) is 17.0. The van der Waals surface area contributed by atoms with Crippen LogP contribution in [0, 0.1) is 0 Å². The predicted molar refractivity (Wildman–Crippen MR) is 117 cm³/mol. The summed E-state index contributed by atoms with van der Waals surface area (Å²) in [4.78, 5) is 25.1. The number of carboxylic acids is 1. The van der Waals surface area contributed by atoms with Crippen molar-refractivity contribution < 1.29 is 23.1 Å². The number of nitrogens with one attached hydrogen (secondary N) is 1. The van der Waals surface area contributed by atoms with Crippen LogP contribution in [0.5, 0.6) is 0 Å². The maximum absolute atomic E-state index is 12.4. The number of carbonyl (C=O) groups excluding carboxylic acids is 1. The lowest BCUT2D eigenvalue weighted by Crippen LogP contribution is -2.26. The van der Waals surface area contributed by atoms with Crippen LogP contribution in [0.4, 0.5) is 5.69 Å². The van der Waals surface area contributed by atoms with Gasteiger partial charge in [-0.05, 0) is 61.9 Å². The molecule has 0 saturated carbocycles. The Morgan fingerprint density at radius 1 is 1.00 bits per heavy atom. The zero-order chi connectivity index (χ0) is 22.1. The van der Waals surface area contributed by atoms with Crippen LogP contribution in [-0.4, -0.2) is 44.9 Å². The van der Waals surface area contributed by atoms with Gasteiger partial charge in [-0.2, -0.15) is 0 Å². The number of hydrogen-bond donors (Lipinski definition) is 2. The van der Waals surface area contributed by atoms with Crippen LogP contribution in [0.1, 0.15) is 36.2 Å². The van der Waals surface area contributed by atoms with Gasteiger partial charge in [0.2, 0.25) is 10.0 Å². The van der Waals surface area contributed by atoms with Crippen LogP contribution in [-0.2, 0) is 14.8 Å². The van der Waals surface area contributed by atoms with Crippen LogP contribution < -0.4 is 9.62 Å². The molecule has 0 heterocycles. The number of benzene rings is 2. The second-order valence-electron chi connectivity index (χ2n) is 6.53. The van der Waals surface area contributed by atoms with Crippen LogP contribution in [0.3, 0.4) is 0 Å². The summed E-state index contributed by atoms with van der Waals surface area (Å²) in [6.07, 6.45) is 2.85.